The molecule has 10 aromatic rings. The van der Waals surface area contributed by atoms with Gasteiger partial charge in [-0.25, -0.2) is 4.98 Å². The summed E-state index contributed by atoms with van der Waals surface area (Å²) < 4.78 is 8.82. The number of oxazole rings is 1. The number of benzene rings is 8. The molecule has 0 saturated carbocycles. The third-order valence-electron chi connectivity index (χ3n) is 9.69. The third-order valence-corrected chi connectivity index (χ3v) is 10.8. The summed E-state index contributed by atoms with van der Waals surface area (Å²) >= 11 is 1.79. The fraction of sp³-hybridized carbons (Fsp3) is 0. The van der Waals surface area contributed by atoms with E-state index in [2.05, 4.69) is 187 Å². The largest absolute Gasteiger partial charge is 0.436 e. The van der Waals surface area contributed by atoms with E-state index in [0.717, 1.165) is 39.1 Å². The van der Waals surface area contributed by atoms with Gasteiger partial charge in [0.15, 0.2) is 5.58 Å². The zero-order valence-electron chi connectivity index (χ0n) is 27.5. The Morgan fingerprint density at radius 2 is 1.00 bits per heavy atom. The third kappa shape index (κ3) is 5.25. The molecule has 0 aliphatic heterocycles. The van der Waals surface area contributed by atoms with Crippen molar-refractivity contribution in [2.45, 2.75) is 0 Å². The smallest absolute Gasteiger partial charge is 0.227 e. The summed E-state index contributed by atoms with van der Waals surface area (Å²) in [6, 6.07) is 64.5. The molecule has 2 heterocycles. The van der Waals surface area contributed by atoms with E-state index < -0.39 is 0 Å². The molecule has 10 rings (SSSR count). The molecule has 0 N–H and O–H groups in total. The van der Waals surface area contributed by atoms with Gasteiger partial charge < -0.3 is 9.32 Å². The summed E-state index contributed by atoms with van der Waals surface area (Å²) in [5.74, 6) is 0.638. The number of thiophene rings is 1. The Hall–Kier alpha value is -6.49. The van der Waals surface area contributed by atoms with E-state index in [-0.39, 0.29) is 0 Å². The van der Waals surface area contributed by atoms with Gasteiger partial charge in [-0.05, 0) is 99.8 Å². The number of rotatable bonds is 6. The van der Waals surface area contributed by atoms with Crippen molar-refractivity contribution in [1.82, 2.24) is 4.98 Å². The minimum atomic E-state index is 0.638. The molecule has 0 radical (unpaired) electrons. The second kappa shape index (κ2) is 12.1. The molecule has 0 unspecified atom stereocenters. The number of fused-ring (bicyclic) bond motifs is 6. The molecule has 0 amide bonds. The maximum Gasteiger partial charge on any atom is 0.227 e. The summed E-state index contributed by atoms with van der Waals surface area (Å²) in [6.45, 7) is 0. The molecule has 0 fully saturated rings. The summed E-state index contributed by atoms with van der Waals surface area (Å²) in [4.78, 5) is 7.45. The maximum atomic E-state index is 6.41. The summed E-state index contributed by atoms with van der Waals surface area (Å²) in [7, 11) is 0. The molecule has 0 atom stereocenters. The van der Waals surface area contributed by atoms with Crippen LogP contribution in [0.2, 0.25) is 0 Å². The molecule has 2 aromatic heterocycles. The van der Waals surface area contributed by atoms with Crippen LogP contribution in [0.3, 0.4) is 0 Å². The molecule has 8 aromatic carbocycles. The Kier molecular flexibility index (Phi) is 7.00. The first-order chi connectivity index (χ1) is 25.2. The van der Waals surface area contributed by atoms with E-state index >= 15 is 0 Å². The van der Waals surface area contributed by atoms with Crippen LogP contribution in [0.25, 0.3) is 75.8 Å². The standard InChI is InChI=1S/C47H30N2OS/c1-3-9-31(10-4-1)33-15-17-34(18-16-33)35-21-23-39(24-22-35)49(38-13-5-2-6-14-38)40-25-27-43-41(30-40)45-44(51-43)28-26-42-46(45)48-47(50-42)37-20-19-32-11-7-8-12-36(32)29-37/h1-30H. The summed E-state index contributed by atoms with van der Waals surface area (Å²) in [5, 5.41) is 4.68. The molecule has 0 aliphatic carbocycles. The fourth-order valence-corrected chi connectivity index (χ4v) is 8.23. The topological polar surface area (TPSA) is 29.3 Å². The summed E-state index contributed by atoms with van der Waals surface area (Å²) in [6.07, 6.45) is 0. The van der Waals surface area contributed by atoms with Gasteiger partial charge in [-0.1, -0.05) is 115 Å². The van der Waals surface area contributed by atoms with Crippen LogP contribution in [-0.2, 0) is 0 Å². The van der Waals surface area contributed by atoms with Gasteiger partial charge in [0, 0.05) is 42.8 Å². The van der Waals surface area contributed by atoms with Crippen molar-refractivity contribution in [3.8, 4) is 33.7 Å². The monoisotopic (exact) mass is 670 g/mol. The van der Waals surface area contributed by atoms with Crippen LogP contribution in [0.5, 0.6) is 0 Å². The second-order valence-electron chi connectivity index (χ2n) is 12.8. The van der Waals surface area contributed by atoms with E-state index in [1.54, 1.807) is 11.3 Å². The number of para-hydroxylation sites is 1. The normalized spacial score (nSPS) is 11.5. The highest BCUT2D eigenvalue weighted by Crippen LogP contribution is 2.43. The average Bonchev–Trinajstić information content (AvgIpc) is 3.81. The Morgan fingerprint density at radius 3 is 1.75 bits per heavy atom. The van der Waals surface area contributed by atoms with Gasteiger partial charge in [-0.2, -0.15) is 0 Å². The molecule has 4 heteroatoms. The Labute approximate surface area is 299 Å². The van der Waals surface area contributed by atoms with Crippen molar-refractivity contribution >= 4 is 70.4 Å². The van der Waals surface area contributed by atoms with Crippen LogP contribution >= 0.6 is 11.3 Å². The lowest BCUT2D eigenvalue weighted by molar-refractivity contribution is 0.620. The minimum Gasteiger partial charge on any atom is -0.436 e. The molecule has 0 aliphatic rings. The highest BCUT2D eigenvalue weighted by Gasteiger charge is 2.19. The van der Waals surface area contributed by atoms with Crippen LogP contribution in [0.15, 0.2) is 186 Å². The van der Waals surface area contributed by atoms with Crippen molar-refractivity contribution in [2.24, 2.45) is 0 Å². The molecule has 0 saturated heterocycles. The number of aromatic nitrogens is 1. The van der Waals surface area contributed by atoms with Gasteiger partial charge in [0.25, 0.3) is 0 Å². The first-order valence-electron chi connectivity index (χ1n) is 17.1. The van der Waals surface area contributed by atoms with Gasteiger partial charge in [-0.3, -0.25) is 0 Å². The minimum absolute atomic E-state index is 0.638. The lowest BCUT2D eigenvalue weighted by Crippen LogP contribution is -2.09. The predicted molar refractivity (Wildman–Crippen MR) is 215 cm³/mol. The second-order valence-corrected chi connectivity index (χ2v) is 13.9. The number of hydrogen-bond acceptors (Lipinski definition) is 4. The van der Waals surface area contributed by atoms with Crippen molar-refractivity contribution in [3.05, 3.63) is 182 Å². The number of nitrogens with zero attached hydrogens (tertiary/aromatic N) is 2. The fourth-order valence-electron chi connectivity index (χ4n) is 7.14. The first kappa shape index (κ1) is 29.4. The quantitative estimate of drug-likeness (QED) is 0.176. The van der Waals surface area contributed by atoms with Crippen LogP contribution < -0.4 is 4.90 Å². The average molecular weight is 671 g/mol. The first-order valence-corrected chi connectivity index (χ1v) is 17.9. The van der Waals surface area contributed by atoms with Gasteiger partial charge in [0.05, 0.1) is 0 Å². The zero-order chi connectivity index (χ0) is 33.7. The molecular formula is C47H30N2OS. The summed E-state index contributed by atoms with van der Waals surface area (Å²) in [5.41, 5.74) is 10.8. The van der Waals surface area contributed by atoms with Crippen LogP contribution in [0.4, 0.5) is 17.1 Å². The van der Waals surface area contributed by atoms with E-state index in [4.69, 9.17) is 9.40 Å². The van der Waals surface area contributed by atoms with Crippen LogP contribution in [-0.4, -0.2) is 4.98 Å². The van der Waals surface area contributed by atoms with E-state index in [1.807, 2.05) is 0 Å². The molecule has 0 bridgehead atoms. The number of anilines is 3. The molecule has 240 valence electrons. The van der Waals surface area contributed by atoms with Crippen molar-refractivity contribution in [1.29, 1.82) is 0 Å². The van der Waals surface area contributed by atoms with Gasteiger partial charge >= 0.3 is 0 Å². The van der Waals surface area contributed by atoms with E-state index in [1.165, 1.54) is 47.8 Å². The van der Waals surface area contributed by atoms with Crippen LogP contribution in [0.1, 0.15) is 0 Å². The van der Waals surface area contributed by atoms with Crippen molar-refractivity contribution < 1.29 is 4.42 Å². The zero-order valence-corrected chi connectivity index (χ0v) is 28.3. The van der Waals surface area contributed by atoms with Crippen LogP contribution in [0, 0.1) is 0 Å². The van der Waals surface area contributed by atoms with E-state index in [9.17, 15) is 0 Å². The molecular weight excluding hydrogens is 641 g/mol. The lowest BCUT2D eigenvalue weighted by Gasteiger charge is -2.26. The molecule has 3 nitrogen and oxygen atoms in total. The Bertz CT molecular complexity index is 2840. The maximum absolute atomic E-state index is 6.41. The lowest BCUT2D eigenvalue weighted by atomic mass is 10.00. The van der Waals surface area contributed by atoms with E-state index in [0.29, 0.717) is 5.89 Å². The predicted octanol–water partition coefficient (Wildman–Crippen LogP) is 13.8. The van der Waals surface area contributed by atoms with Crippen molar-refractivity contribution in [2.75, 3.05) is 4.90 Å². The Morgan fingerprint density at radius 1 is 0.431 bits per heavy atom. The molecule has 0 spiro atoms. The van der Waals surface area contributed by atoms with Crippen molar-refractivity contribution in [3.63, 3.8) is 0 Å². The van der Waals surface area contributed by atoms with Gasteiger partial charge in [0.1, 0.15) is 5.52 Å². The highest BCUT2D eigenvalue weighted by atomic mass is 32.1. The molecule has 51 heavy (non-hydrogen) atoms. The highest BCUT2D eigenvalue weighted by molar-refractivity contribution is 7.26. The Balaban J connectivity index is 1.05. The van der Waals surface area contributed by atoms with Gasteiger partial charge in [-0.15, -0.1) is 11.3 Å². The van der Waals surface area contributed by atoms with Gasteiger partial charge in [0.2, 0.25) is 5.89 Å². The SMILES string of the molecule is c1ccc(-c2ccc(-c3ccc(N(c4ccccc4)c4ccc5sc6ccc7oc(-c8ccc9ccccc9c8)nc7c6c5c4)cc3)cc2)cc1. The number of hydrogen-bond donors (Lipinski definition) is 0.